The molecule has 5 aromatic rings. The van der Waals surface area contributed by atoms with E-state index in [4.69, 9.17) is 28.6 Å². The number of furan rings is 1. The number of aromatic nitrogens is 3. The number of likely N-dealkylation sites (tertiary alicyclic amines) is 1. The average Bonchev–Trinajstić information content (AvgIpc) is 3.58. The van der Waals surface area contributed by atoms with E-state index in [0.717, 1.165) is 91.3 Å². The van der Waals surface area contributed by atoms with Crippen molar-refractivity contribution in [2.24, 2.45) is 0 Å². The highest BCUT2D eigenvalue weighted by molar-refractivity contribution is 5.93. The lowest BCUT2D eigenvalue weighted by Crippen LogP contribution is -2.35. The fourth-order valence-corrected chi connectivity index (χ4v) is 5.95. The average molecular weight is 567 g/mol. The molecule has 2 aliphatic rings. The summed E-state index contributed by atoms with van der Waals surface area (Å²) in [6.45, 7) is 4.53. The molecule has 0 N–H and O–H groups in total. The van der Waals surface area contributed by atoms with Gasteiger partial charge in [0.1, 0.15) is 23.8 Å². The molecule has 1 atom stereocenters. The van der Waals surface area contributed by atoms with Gasteiger partial charge in [-0.05, 0) is 68.8 Å². The molecule has 0 bridgehead atoms. The minimum atomic E-state index is -0.342. The van der Waals surface area contributed by atoms with E-state index in [-0.39, 0.29) is 12.1 Å². The number of carbonyl (C=O) groups is 1. The van der Waals surface area contributed by atoms with Crippen molar-refractivity contribution in [3.8, 4) is 5.88 Å². The Kier molecular flexibility index (Phi) is 7.36. The van der Waals surface area contributed by atoms with Crippen LogP contribution in [0, 0.1) is 0 Å². The molecule has 2 saturated heterocycles. The van der Waals surface area contributed by atoms with Crippen LogP contribution in [0.15, 0.2) is 71.1 Å². The van der Waals surface area contributed by atoms with Gasteiger partial charge in [-0.2, -0.15) is 0 Å². The SMILES string of the molecule is COC(=O)c1ccc2nc(CN3CCC(c4cccc(OCc5cc6ccccc6o5)n4)CC3)n(CC3CCO3)c2c1. The van der Waals surface area contributed by atoms with E-state index >= 15 is 0 Å². The molecule has 0 spiro atoms. The van der Waals surface area contributed by atoms with Crippen molar-refractivity contribution < 1.29 is 23.4 Å². The lowest BCUT2D eigenvalue weighted by Gasteiger charge is -2.32. The molecule has 9 nitrogen and oxygen atoms in total. The van der Waals surface area contributed by atoms with E-state index in [2.05, 4.69) is 15.5 Å². The second-order valence-corrected chi connectivity index (χ2v) is 11.1. The Morgan fingerprint density at radius 2 is 1.86 bits per heavy atom. The molecule has 0 saturated carbocycles. The Morgan fingerprint density at radius 1 is 1.00 bits per heavy atom. The van der Waals surface area contributed by atoms with Crippen molar-refractivity contribution >= 4 is 28.0 Å². The lowest BCUT2D eigenvalue weighted by molar-refractivity contribution is -0.0592. The van der Waals surface area contributed by atoms with Crippen molar-refractivity contribution in [2.75, 3.05) is 26.8 Å². The molecule has 2 aliphatic heterocycles. The van der Waals surface area contributed by atoms with E-state index in [1.165, 1.54) is 7.11 Å². The van der Waals surface area contributed by atoms with Crippen LogP contribution >= 0.6 is 0 Å². The molecule has 3 aromatic heterocycles. The smallest absolute Gasteiger partial charge is 0.337 e. The van der Waals surface area contributed by atoms with Gasteiger partial charge in [0.2, 0.25) is 5.88 Å². The molecule has 1 unspecified atom stereocenters. The predicted octanol–water partition coefficient (Wildman–Crippen LogP) is 5.71. The number of piperidine rings is 1. The van der Waals surface area contributed by atoms with Gasteiger partial charge in [0, 0.05) is 29.7 Å². The minimum Gasteiger partial charge on any atom is -0.469 e. The number of para-hydroxylation sites is 1. The van der Waals surface area contributed by atoms with Crippen LogP contribution in [0.1, 0.15) is 52.8 Å². The molecule has 2 fully saturated rings. The van der Waals surface area contributed by atoms with Crippen LogP contribution in [-0.4, -0.2) is 58.3 Å². The molecule has 42 heavy (non-hydrogen) atoms. The topological polar surface area (TPSA) is 91.9 Å². The summed E-state index contributed by atoms with van der Waals surface area (Å²) in [5.41, 5.74) is 4.30. The van der Waals surface area contributed by atoms with Gasteiger partial charge >= 0.3 is 5.97 Å². The van der Waals surface area contributed by atoms with Crippen LogP contribution < -0.4 is 4.74 Å². The highest BCUT2D eigenvalue weighted by Crippen LogP contribution is 2.30. The van der Waals surface area contributed by atoms with Crippen molar-refractivity contribution in [2.45, 2.75) is 51.0 Å². The number of methoxy groups -OCH3 is 1. The summed E-state index contributed by atoms with van der Waals surface area (Å²) in [6, 6.07) is 21.6. The van der Waals surface area contributed by atoms with Gasteiger partial charge in [-0.15, -0.1) is 0 Å². The fraction of sp³-hybridized carbons (Fsp3) is 0.364. The third kappa shape index (κ3) is 5.49. The summed E-state index contributed by atoms with van der Waals surface area (Å²) in [7, 11) is 1.41. The molecule has 7 rings (SSSR count). The quantitative estimate of drug-likeness (QED) is 0.210. The fourth-order valence-electron chi connectivity index (χ4n) is 5.95. The first-order valence-corrected chi connectivity index (χ1v) is 14.6. The van der Waals surface area contributed by atoms with E-state index < -0.39 is 0 Å². The number of rotatable bonds is 9. The number of hydrogen-bond donors (Lipinski definition) is 0. The number of esters is 1. The van der Waals surface area contributed by atoms with Crippen LogP contribution in [0.2, 0.25) is 0 Å². The Labute approximate surface area is 244 Å². The van der Waals surface area contributed by atoms with Crippen molar-refractivity contribution in [3.05, 3.63) is 89.6 Å². The van der Waals surface area contributed by atoms with Gasteiger partial charge < -0.3 is 23.2 Å². The van der Waals surface area contributed by atoms with Crippen molar-refractivity contribution in [1.29, 1.82) is 0 Å². The summed E-state index contributed by atoms with van der Waals surface area (Å²) in [5, 5.41) is 1.07. The highest BCUT2D eigenvalue weighted by Gasteiger charge is 2.26. The van der Waals surface area contributed by atoms with Gasteiger partial charge in [-0.1, -0.05) is 24.3 Å². The standard InChI is InChI=1S/C33H34N4O5/c1-39-33(38)24-9-10-28-29(18-24)37(19-25-13-16-40-25)31(34-28)20-36-14-11-22(12-15-36)27-6-4-8-32(35-27)41-21-26-17-23-5-2-3-7-30(23)42-26/h2-10,17-18,22,25H,11-16,19-21H2,1H3. The highest BCUT2D eigenvalue weighted by atomic mass is 16.5. The number of fused-ring (bicyclic) bond motifs is 2. The van der Waals surface area contributed by atoms with Crippen LogP contribution in [-0.2, 0) is 29.2 Å². The Morgan fingerprint density at radius 3 is 2.64 bits per heavy atom. The first-order valence-electron chi connectivity index (χ1n) is 14.6. The van der Waals surface area contributed by atoms with E-state index in [0.29, 0.717) is 24.0 Å². The maximum Gasteiger partial charge on any atom is 0.337 e. The number of nitrogens with zero attached hydrogens (tertiary/aromatic N) is 4. The van der Waals surface area contributed by atoms with E-state index in [9.17, 15) is 4.79 Å². The molecule has 5 heterocycles. The number of carbonyl (C=O) groups excluding carboxylic acids is 1. The normalized spacial score (nSPS) is 17.9. The van der Waals surface area contributed by atoms with Gasteiger partial charge in [0.25, 0.3) is 0 Å². The van der Waals surface area contributed by atoms with Crippen molar-refractivity contribution in [1.82, 2.24) is 19.4 Å². The molecule has 216 valence electrons. The van der Waals surface area contributed by atoms with Crippen LogP contribution in [0.3, 0.4) is 0 Å². The Balaban J connectivity index is 1.01. The molecular weight excluding hydrogens is 532 g/mol. The van der Waals surface area contributed by atoms with Gasteiger partial charge in [-0.3, -0.25) is 4.90 Å². The predicted molar refractivity (Wildman–Crippen MR) is 157 cm³/mol. The van der Waals surface area contributed by atoms with Gasteiger partial charge in [0.05, 0.1) is 42.9 Å². The lowest BCUT2D eigenvalue weighted by atomic mass is 9.93. The number of pyridine rings is 1. The van der Waals surface area contributed by atoms with Crippen molar-refractivity contribution in [3.63, 3.8) is 0 Å². The summed E-state index contributed by atoms with van der Waals surface area (Å²) in [6.07, 6.45) is 3.24. The summed E-state index contributed by atoms with van der Waals surface area (Å²) < 4.78 is 24.8. The molecule has 0 aliphatic carbocycles. The third-order valence-corrected chi connectivity index (χ3v) is 8.38. The Hall–Kier alpha value is -4.21. The second-order valence-electron chi connectivity index (χ2n) is 11.1. The molecule has 2 aromatic carbocycles. The van der Waals surface area contributed by atoms with Gasteiger partial charge in [0.15, 0.2) is 0 Å². The third-order valence-electron chi connectivity index (χ3n) is 8.38. The zero-order valence-electron chi connectivity index (χ0n) is 23.7. The number of benzene rings is 2. The van der Waals surface area contributed by atoms with Crippen LogP contribution in [0.4, 0.5) is 0 Å². The maximum absolute atomic E-state index is 12.2. The summed E-state index contributed by atoms with van der Waals surface area (Å²) in [5.74, 6) is 2.44. The zero-order valence-corrected chi connectivity index (χ0v) is 23.7. The number of ether oxygens (including phenoxy) is 3. The van der Waals surface area contributed by atoms with Crippen LogP contribution in [0.5, 0.6) is 5.88 Å². The van der Waals surface area contributed by atoms with E-state index in [1.54, 1.807) is 6.07 Å². The monoisotopic (exact) mass is 566 g/mol. The second kappa shape index (κ2) is 11.6. The molecule has 9 heteroatoms. The van der Waals surface area contributed by atoms with Gasteiger partial charge in [-0.25, -0.2) is 14.8 Å². The number of imidazole rings is 1. The first-order chi connectivity index (χ1) is 20.6. The minimum absolute atomic E-state index is 0.182. The molecule has 0 amide bonds. The molecule has 0 radical (unpaired) electrons. The largest absolute Gasteiger partial charge is 0.469 e. The number of hydrogen-bond acceptors (Lipinski definition) is 8. The zero-order chi connectivity index (χ0) is 28.5. The van der Waals surface area contributed by atoms with Crippen LogP contribution in [0.25, 0.3) is 22.0 Å². The molecular formula is C33H34N4O5. The Bertz CT molecular complexity index is 1680. The maximum atomic E-state index is 12.2. The summed E-state index contributed by atoms with van der Waals surface area (Å²) >= 11 is 0. The summed E-state index contributed by atoms with van der Waals surface area (Å²) in [4.78, 5) is 24.5. The van der Waals surface area contributed by atoms with E-state index in [1.807, 2.05) is 54.6 Å². The first kappa shape index (κ1) is 26.7.